The lowest BCUT2D eigenvalue weighted by Gasteiger charge is -2.35. The average molecular weight is 281 g/mol. The molecule has 0 unspecified atom stereocenters. The third-order valence-electron chi connectivity index (χ3n) is 3.49. The predicted octanol–water partition coefficient (Wildman–Crippen LogP) is 2.80. The first-order chi connectivity index (χ1) is 9.19. The number of hydrogen-bond donors (Lipinski definition) is 1. The molecule has 0 radical (unpaired) electrons. The van der Waals surface area contributed by atoms with E-state index in [1.165, 1.54) is 12.1 Å². The molecule has 0 spiro atoms. The van der Waals surface area contributed by atoms with Gasteiger partial charge < -0.3 is 9.47 Å². The van der Waals surface area contributed by atoms with Crippen molar-refractivity contribution in [2.24, 2.45) is 5.41 Å². The first kappa shape index (κ1) is 14.2. The second-order valence-corrected chi connectivity index (χ2v) is 5.13. The van der Waals surface area contributed by atoms with Gasteiger partial charge in [0.05, 0.1) is 12.2 Å². The van der Waals surface area contributed by atoms with Crippen LogP contribution in [0.4, 0.5) is 4.39 Å². The lowest BCUT2D eigenvalue weighted by molar-refractivity contribution is 0.00305. The van der Waals surface area contributed by atoms with Crippen molar-refractivity contribution in [3.8, 4) is 11.8 Å². The zero-order valence-electron chi connectivity index (χ0n) is 10.6. The number of thiol groups is 1. The van der Waals surface area contributed by atoms with Gasteiger partial charge in [-0.15, -0.1) is 0 Å². The quantitative estimate of drug-likeness (QED) is 0.863. The molecule has 1 fully saturated rings. The molecule has 5 heteroatoms. The normalized spacial score (nSPS) is 17.7. The minimum absolute atomic E-state index is 0.00820. The Morgan fingerprint density at radius 1 is 1.42 bits per heavy atom. The smallest absolute Gasteiger partial charge is 0.144 e. The number of nitrogens with zero attached hydrogens (tertiary/aromatic N) is 1. The summed E-state index contributed by atoms with van der Waals surface area (Å²) in [6, 6.07) is 6.09. The van der Waals surface area contributed by atoms with E-state index < -0.39 is 5.82 Å². The predicted molar refractivity (Wildman–Crippen MR) is 72.9 cm³/mol. The third kappa shape index (κ3) is 3.40. The van der Waals surface area contributed by atoms with Crippen LogP contribution in [0.2, 0.25) is 0 Å². The number of benzene rings is 1. The molecule has 0 bridgehead atoms. The van der Waals surface area contributed by atoms with E-state index in [0.717, 1.165) is 18.6 Å². The van der Waals surface area contributed by atoms with Crippen molar-refractivity contribution >= 4 is 12.6 Å². The van der Waals surface area contributed by atoms with Crippen LogP contribution in [0.1, 0.15) is 18.4 Å². The molecule has 1 aliphatic rings. The van der Waals surface area contributed by atoms with E-state index >= 15 is 0 Å². The maximum Gasteiger partial charge on any atom is 0.144 e. The molecular formula is C14H16FNO2S. The van der Waals surface area contributed by atoms with Crippen LogP contribution in [-0.4, -0.2) is 25.6 Å². The molecule has 0 saturated carbocycles. The first-order valence-corrected chi connectivity index (χ1v) is 6.83. The molecule has 2 rings (SSSR count). The Labute approximate surface area is 117 Å². The van der Waals surface area contributed by atoms with Crippen LogP contribution in [0.25, 0.3) is 0 Å². The maximum absolute atomic E-state index is 13.5. The average Bonchev–Trinajstić information content (AvgIpc) is 2.46. The van der Waals surface area contributed by atoms with Crippen molar-refractivity contribution in [1.82, 2.24) is 0 Å². The number of ether oxygens (including phenoxy) is 2. The minimum atomic E-state index is -0.549. The van der Waals surface area contributed by atoms with Crippen molar-refractivity contribution < 1.29 is 13.9 Å². The van der Waals surface area contributed by atoms with Crippen molar-refractivity contribution in [3.05, 3.63) is 29.6 Å². The summed E-state index contributed by atoms with van der Waals surface area (Å²) in [7, 11) is 0. The fourth-order valence-corrected chi connectivity index (χ4v) is 2.47. The molecule has 0 aromatic heterocycles. The van der Waals surface area contributed by atoms with E-state index in [4.69, 9.17) is 14.7 Å². The van der Waals surface area contributed by atoms with Crippen molar-refractivity contribution in [2.45, 2.75) is 12.8 Å². The molecule has 0 atom stereocenters. The Bertz CT molecular complexity index is 481. The molecule has 1 aromatic rings. The topological polar surface area (TPSA) is 42.2 Å². The summed E-state index contributed by atoms with van der Waals surface area (Å²) in [6.07, 6.45) is 1.80. The van der Waals surface area contributed by atoms with Crippen LogP contribution in [0.5, 0.6) is 5.75 Å². The molecule has 102 valence electrons. The molecule has 19 heavy (non-hydrogen) atoms. The Kier molecular flexibility index (Phi) is 4.67. The molecule has 0 aliphatic carbocycles. The third-order valence-corrected chi connectivity index (χ3v) is 4.17. The fourth-order valence-electron chi connectivity index (χ4n) is 2.07. The summed E-state index contributed by atoms with van der Waals surface area (Å²) < 4.78 is 24.5. The summed E-state index contributed by atoms with van der Waals surface area (Å²) in [5.74, 6) is 0.617. The summed E-state index contributed by atoms with van der Waals surface area (Å²) >= 11 is 4.39. The zero-order valence-corrected chi connectivity index (χ0v) is 11.5. The molecule has 3 nitrogen and oxygen atoms in total. The number of halogens is 1. The van der Waals surface area contributed by atoms with Crippen molar-refractivity contribution in [2.75, 3.05) is 25.6 Å². The zero-order chi connectivity index (χ0) is 13.7. The van der Waals surface area contributed by atoms with Crippen LogP contribution >= 0.6 is 12.6 Å². The SMILES string of the molecule is N#Cc1ccc(OCC2(CS)CCOCC2)cc1F. The van der Waals surface area contributed by atoms with E-state index in [-0.39, 0.29) is 11.0 Å². The lowest BCUT2D eigenvalue weighted by atomic mass is 9.83. The Balaban J connectivity index is 2.01. The molecule has 0 N–H and O–H groups in total. The van der Waals surface area contributed by atoms with Gasteiger partial charge in [-0.3, -0.25) is 0 Å². The minimum Gasteiger partial charge on any atom is -0.493 e. The summed E-state index contributed by atoms with van der Waals surface area (Å²) in [4.78, 5) is 0. The van der Waals surface area contributed by atoms with E-state index in [2.05, 4.69) is 12.6 Å². The second kappa shape index (κ2) is 6.27. The molecule has 1 saturated heterocycles. The van der Waals surface area contributed by atoms with Gasteiger partial charge in [0.15, 0.2) is 0 Å². The Morgan fingerprint density at radius 2 is 2.16 bits per heavy atom. The van der Waals surface area contributed by atoms with Gasteiger partial charge >= 0.3 is 0 Å². The van der Waals surface area contributed by atoms with Gasteiger partial charge in [-0.05, 0) is 30.7 Å². The largest absolute Gasteiger partial charge is 0.493 e. The summed E-state index contributed by atoms with van der Waals surface area (Å²) in [5.41, 5.74) is 0.0217. The van der Waals surface area contributed by atoms with Crippen LogP contribution in [-0.2, 0) is 4.74 Å². The first-order valence-electron chi connectivity index (χ1n) is 6.20. The summed E-state index contributed by atoms with van der Waals surface area (Å²) in [6.45, 7) is 1.92. The van der Waals surface area contributed by atoms with Gasteiger partial charge in [-0.2, -0.15) is 17.9 Å². The highest BCUT2D eigenvalue weighted by Crippen LogP contribution is 2.32. The van der Waals surface area contributed by atoms with E-state index in [9.17, 15) is 4.39 Å². The van der Waals surface area contributed by atoms with Gasteiger partial charge in [-0.25, -0.2) is 4.39 Å². The molecule has 1 aliphatic heterocycles. The Hall–Kier alpha value is -1.25. The van der Waals surface area contributed by atoms with E-state index in [1.807, 2.05) is 0 Å². The van der Waals surface area contributed by atoms with Gasteiger partial charge in [0.2, 0.25) is 0 Å². The molecule has 1 heterocycles. The van der Waals surface area contributed by atoms with Crippen molar-refractivity contribution in [3.63, 3.8) is 0 Å². The molecule has 0 amide bonds. The van der Waals surface area contributed by atoms with Gasteiger partial charge in [0.1, 0.15) is 17.6 Å². The number of nitriles is 1. The van der Waals surface area contributed by atoms with Crippen LogP contribution in [0.3, 0.4) is 0 Å². The van der Waals surface area contributed by atoms with Crippen LogP contribution in [0.15, 0.2) is 18.2 Å². The highest BCUT2D eigenvalue weighted by atomic mass is 32.1. The fraction of sp³-hybridized carbons (Fsp3) is 0.500. The van der Waals surface area contributed by atoms with Crippen molar-refractivity contribution in [1.29, 1.82) is 5.26 Å². The monoisotopic (exact) mass is 281 g/mol. The van der Waals surface area contributed by atoms with E-state index in [1.54, 1.807) is 12.1 Å². The van der Waals surface area contributed by atoms with E-state index in [0.29, 0.717) is 25.6 Å². The maximum atomic E-state index is 13.5. The van der Waals surface area contributed by atoms with Gasteiger partial charge in [0.25, 0.3) is 0 Å². The van der Waals surface area contributed by atoms with Gasteiger partial charge in [0, 0.05) is 24.7 Å². The highest BCUT2D eigenvalue weighted by Gasteiger charge is 2.32. The summed E-state index contributed by atoms with van der Waals surface area (Å²) in [5, 5.41) is 8.67. The highest BCUT2D eigenvalue weighted by molar-refractivity contribution is 7.80. The standard InChI is InChI=1S/C14H16FNO2S/c15-13-7-12(2-1-11(13)8-16)18-9-14(10-19)3-5-17-6-4-14/h1-2,7,19H,3-6,9-10H2. The second-order valence-electron chi connectivity index (χ2n) is 4.81. The van der Waals surface area contributed by atoms with Crippen LogP contribution < -0.4 is 4.74 Å². The Morgan fingerprint density at radius 3 is 2.74 bits per heavy atom. The van der Waals surface area contributed by atoms with Crippen LogP contribution in [0, 0.1) is 22.6 Å². The molecule has 1 aromatic carbocycles. The lowest BCUT2D eigenvalue weighted by Crippen LogP contribution is -2.36. The van der Waals surface area contributed by atoms with Gasteiger partial charge in [-0.1, -0.05) is 0 Å². The number of hydrogen-bond acceptors (Lipinski definition) is 4. The number of rotatable bonds is 4. The molecular weight excluding hydrogens is 265 g/mol.